The van der Waals surface area contributed by atoms with Crippen molar-refractivity contribution in [3.63, 3.8) is 0 Å². The van der Waals surface area contributed by atoms with E-state index in [1.807, 2.05) is 30.3 Å². The number of likely N-dealkylation sites (tertiary alicyclic amines) is 1. The quantitative estimate of drug-likeness (QED) is 0.699. The number of nitrogens with zero attached hydrogens (tertiary/aromatic N) is 1. The minimum Gasteiger partial charge on any atom is -0.495 e. The van der Waals surface area contributed by atoms with E-state index in [0.29, 0.717) is 22.5 Å². The number of amides is 1. The Morgan fingerprint density at radius 3 is 2.75 bits per heavy atom. The lowest BCUT2D eigenvalue weighted by Gasteiger charge is -2.26. The average Bonchev–Trinajstić information content (AvgIpc) is 3.17. The van der Waals surface area contributed by atoms with Gasteiger partial charge in [0.1, 0.15) is 11.8 Å². The molecule has 0 radical (unpaired) electrons. The summed E-state index contributed by atoms with van der Waals surface area (Å²) in [5.74, 6) is 0.478. The van der Waals surface area contributed by atoms with Crippen LogP contribution in [-0.4, -0.2) is 43.6 Å². The summed E-state index contributed by atoms with van der Waals surface area (Å²) in [6.07, 6.45) is 2.38. The Balaban J connectivity index is 1.73. The van der Waals surface area contributed by atoms with Gasteiger partial charge in [0, 0.05) is 18.3 Å². The topological polar surface area (TPSA) is 53.6 Å². The van der Waals surface area contributed by atoms with Gasteiger partial charge in [-0.3, -0.25) is 9.69 Å². The van der Waals surface area contributed by atoms with E-state index >= 15 is 0 Å². The van der Waals surface area contributed by atoms with Crippen molar-refractivity contribution in [2.24, 2.45) is 0 Å². The molecule has 1 aliphatic heterocycles. The van der Waals surface area contributed by atoms with Gasteiger partial charge in [0.25, 0.3) is 0 Å². The fourth-order valence-corrected chi connectivity index (χ4v) is 4.02. The highest BCUT2D eigenvalue weighted by Crippen LogP contribution is 2.28. The van der Waals surface area contributed by atoms with Crippen LogP contribution in [0.5, 0.6) is 5.75 Å². The normalized spacial score (nSPS) is 18.0. The molecule has 6 heteroatoms. The molecule has 2 N–H and O–H groups in total. The Bertz CT molecular complexity index is 785. The van der Waals surface area contributed by atoms with Gasteiger partial charge in [-0.25, -0.2) is 0 Å². The molecule has 0 saturated carbocycles. The van der Waals surface area contributed by atoms with Crippen LogP contribution in [0.4, 0.5) is 5.69 Å². The number of halogens is 1. The SMILES string of the molecule is CCN1CCC[C@@H]1CN[C@H](C(=O)Nc1ccc(OC)c(Cl)c1)c1ccccc1. The van der Waals surface area contributed by atoms with Crippen LogP contribution >= 0.6 is 11.6 Å². The maximum Gasteiger partial charge on any atom is 0.246 e. The zero-order valence-corrected chi connectivity index (χ0v) is 17.2. The third-order valence-electron chi connectivity index (χ3n) is 5.28. The van der Waals surface area contributed by atoms with Crippen molar-refractivity contribution >= 4 is 23.2 Å². The molecule has 1 amide bonds. The lowest BCUT2D eigenvalue weighted by molar-refractivity contribution is -0.118. The molecular weight excluding hydrogens is 374 g/mol. The lowest BCUT2D eigenvalue weighted by atomic mass is 10.1. The van der Waals surface area contributed by atoms with Crippen LogP contribution < -0.4 is 15.4 Å². The Morgan fingerprint density at radius 2 is 2.07 bits per heavy atom. The van der Waals surface area contributed by atoms with Crippen LogP contribution in [0.25, 0.3) is 0 Å². The summed E-state index contributed by atoms with van der Waals surface area (Å²) < 4.78 is 5.18. The fourth-order valence-electron chi connectivity index (χ4n) is 3.76. The largest absolute Gasteiger partial charge is 0.495 e. The average molecular weight is 402 g/mol. The van der Waals surface area contributed by atoms with E-state index in [-0.39, 0.29) is 5.91 Å². The van der Waals surface area contributed by atoms with E-state index in [2.05, 4.69) is 22.5 Å². The minimum absolute atomic E-state index is 0.103. The molecule has 0 spiro atoms. The van der Waals surface area contributed by atoms with Crippen LogP contribution in [0.3, 0.4) is 0 Å². The second-order valence-corrected chi connectivity index (χ2v) is 7.42. The molecule has 0 aromatic heterocycles. The van der Waals surface area contributed by atoms with Crippen molar-refractivity contribution in [2.45, 2.75) is 31.8 Å². The molecule has 0 unspecified atom stereocenters. The van der Waals surface area contributed by atoms with Gasteiger partial charge in [0.2, 0.25) is 5.91 Å². The first-order valence-electron chi connectivity index (χ1n) is 9.79. The number of hydrogen-bond donors (Lipinski definition) is 2. The van der Waals surface area contributed by atoms with Crippen LogP contribution in [-0.2, 0) is 4.79 Å². The maximum absolute atomic E-state index is 13.1. The molecule has 150 valence electrons. The molecule has 2 atom stereocenters. The zero-order valence-electron chi connectivity index (χ0n) is 16.5. The number of carbonyl (C=O) groups is 1. The number of hydrogen-bond acceptors (Lipinski definition) is 4. The molecule has 0 aliphatic carbocycles. The maximum atomic E-state index is 13.1. The smallest absolute Gasteiger partial charge is 0.246 e. The van der Waals surface area contributed by atoms with Gasteiger partial charge in [-0.2, -0.15) is 0 Å². The van der Waals surface area contributed by atoms with Crippen molar-refractivity contribution in [3.05, 3.63) is 59.1 Å². The molecule has 1 fully saturated rings. The molecule has 1 aliphatic rings. The first-order valence-corrected chi connectivity index (χ1v) is 10.2. The molecule has 0 bridgehead atoms. The van der Waals surface area contributed by atoms with E-state index in [0.717, 1.165) is 31.6 Å². The molecule has 1 heterocycles. The van der Waals surface area contributed by atoms with Gasteiger partial charge >= 0.3 is 0 Å². The van der Waals surface area contributed by atoms with Crippen molar-refractivity contribution < 1.29 is 9.53 Å². The van der Waals surface area contributed by atoms with E-state index in [4.69, 9.17) is 16.3 Å². The molecule has 28 heavy (non-hydrogen) atoms. The first kappa shape index (κ1) is 20.6. The van der Waals surface area contributed by atoms with Crippen LogP contribution in [0.2, 0.25) is 5.02 Å². The zero-order chi connectivity index (χ0) is 19.9. The lowest BCUT2D eigenvalue weighted by Crippen LogP contribution is -2.42. The highest BCUT2D eigenvalue weighted by atomic mass is 35.5. The number of methoxy groups -OCH3 is 1. The van der Waals surface area contributed by atoms with E-state index in [1.165, 1.54) is 6.42 Å². The first-order chi connectivity index (χ1) is 13.6. The van der Waals surface area contributed by atoms with Gasteiger partial charge < -0.3 is 15.4 Å². The summed E-state index contributed by atoms with van der Waals surface area (Å²) in [5, 5.41) is 6.93. The monoisotopic (exact) mass is 401 g/mol. The fraction of sp³-hybridized carbons (Fsp3) is 0.409. The predicted octanol–water partition coefficient (Wildman–Crippen LogP) is 4.10. The van der Waals surface area contributed by atoms with Crippen LogP contribution in [0.1, 0.15) is 31.4 Å². The minimum atomic E-state index is -0.429. The number of benzene rings is 2. The summed E-state index contributed by atoms with van der Waals surface area (Å²) in [6, 6.07) is 15.1. The van der Waals surface area contributed by atoms with Gasteiger partial charge in [0.15, 0.2) is 0 Å². The number of carbonyl (C=O) groups excluding carboxylic acids is 1. The van der Waals surface area contributed by atoms with E-state index < -0.39 is 6.04 Å². The molecule has 1 saturated heterocycles. The van der Waals surface area contributed by atoms with Gasteiger partial charge in [-0.15, -0.1) is 0 Å². The second kappa shape index (κ2) is 9.92. The van der Waals surface area contributed by atoms with Gasteiger partial charge in [-0.05, 0) is 49.7 Å². The Morgan fingerprint density at radius 1 is 1.29 bits per heavy atom. The predicted molar refractivity (Wildman–Crippen MR) is 114 cm³/mol. The number of nitrogens with one attached hydrogen (secondary N) is 2. The number of ether oxygens (including phenoxy) is 1. The van der Waals surface area contributed by atoms with E-state index in [1.54, 1.807) is 25.3 Å². The molecule has 5 nitrogen and oxygen atoms in total. The summed E-state index contributed by atoms with van der Waals surface area (Å²) in [7, 11) is 1.57. The molecule has 2 aromatic carbocycles. The standard InChI is InChI=1S/C22H28ClN3O2/c1-3-26-13-7-10-18(26)15-24-21(16-8-5-4-6-9-16)22(27)25-17-11-12-20(28-2)19(23)14-17/h4-6,8-9,11-12,14,18,21,24H,3,7,10,13,15H2,1-2H3,(H,25,27)/t18-,21+/m1/s1. The van der Waals surface area contributed by atoms with E-state index in [9.17, 15) is 4.79 Å². The highest BCUT2D eigenvalue weighted by Gasteiger charge is 2.26. The summed E-state index contributed by atoms with van der Waals surface area (Å²) in [6.45, 7) is 5.14. The van der Waals surface area contributed by atoms with Crippen molar-refractivity contribution in [1.82, 2.24) is 10.2 Å². The number of rotatable bonds is 8. The number of anilines is 1. The van der Waals surface area contributed by atoms with Crippen molar-refractivity contribution in [1.29, 1.82) is 0 Å². The Labute approximate surface area is 172 Å². The third kappa shape index (κ3) is 5.04. The van der Waals surface area contributed by atoms with Crippen LogP contribution in [0, 0.1) is 0 Å². The second-order valence-electron chi connectivity index (χ2n) is 7.02. The highest BCUT2D eigenvalue weighted by molar-refractivity contribution is 6.32. The van der Waals surface area contributed by atoms with Crippen molar-refractivity contribution in [3.8, 4) is 5.75 Å². The molecule has 2 aromatic rings. The summed E-state index contributed by atoms with van der Waals surface area (Å²) in [4.78, 5) is 15.5. The number of likely N-dealkylation sites (N-methyl/N-ethyl adjacent to an activating group) is 1. The molecular formula is C22H28ClN3O2. The Hall–Kier alpha value is -2.08. The van der Waals surface area contributed by atoms with Crippen molar-refractivity contribution in [2.75, 3.05) is 32.1 Å². The summed E-state index contributed by atoms with van der Waals surface area (Å²) in [5.41, 5.74) is 1.59. The third-order valence-corrected chi connectivity index (χ3v) is 5.57. The van der Waals surface area contributed by atoms with Crippen LogP contribution in [0.15, 0.2) is 48.5 Å². The summed E-state index contributed by atoms with van der Waals surface area (Å²) >= 11 is 6.19. The van der Waals surface area contributed by atoms with Gasteiger partial charge in [0.05, 0.1) is 12.1 Å². The van der Waals surface area contributed by atoms with Gasteiger partial charge in [-0.1, -0.05) is 48.9 Å². The Kier molecular flexibility index (Phi) is 7.31. The molecule has 3 rings (SSSR count).